The van der Waals surface area contributed by atoms with Crippen molar-refractivity contribution >= 4 is 47.4 Å². The van der Waals surface area contributed by atoms with Gasteiger partial charge < -0.3 is 58.1 Å². The van der Waals surface area contributed by atoms with Gasteiger partial charge in [0.1, 0.15) is 30.2 Å². The van der Waals surface area contributed by atoms with E-state index in [1.54, 1.807) is 30.3 Å². The SMILES string of the molecule is NC(N)=NCCC[C@H](N)C(=O)N1CCC[C@@H]1C(=O)N1CCC[C@@H]1C(=O)NCC(=O)N[C@H](Cc1ccccc1)C(=O)N[C@@H](CO)C(=O)N1CCC[C@@H]1C(=O)O. The number of aliphatic imine (C=N–C) groups is 1. The zero-order valence-electron chi connectivity index (χ0n) is 30.2. The molecule has 0 spiro atoms. The number of nitrogens with two attached hydrogens (primary N) is 3. The first kappa shape index (κ1) is 41.5. The molecule has 1 aromatic rings. The van der Waals surface area contributed by atoms with E-state index >= 15 is 0 Å². The second-order valence-corrected chi connectivity index (χ2v) is 13.7. The highest BCUT2D eigenvalue weighted by Crippen LogP contribution is 2.26. The van der Waals surface area contributed by atoms with Crippen molar-refractivity contribution in [3.63, 3.8) is 0 Å². The minimum absolute atomic E-state index is 0.00159. The number of rotatable bonds is 17. The van der Waals surface area contributed by atoms with Gasteiger partial charge in [0.25, 0.3) is 0 Å². The molecule has 296 valence electrons. The first-order valence-electron chi connectivity index (χ1n) is 18.3. The van der Waals surface area contributed by atoms with Crippen molar-refractivity contribution < 1.29 is 43.8 Å². The number of benzene rings is 1. The van der Waals surface area contributed by atoms with Crippen LogP contribution >= 0.6 is 0 Å². The maximum absolute atomic E-state index is 13.7. The maximum Gasteiger partial charge on any atom is 0.326 e. The maximum atomic E-state index is 13.7. The fraction of sp³-hybridized carbons (Fsp3) is 0.600. The predicted octanol–water partition coefficient (Wildman–Crippen LogP) is -3.25. The summed E-state index contributed by atoms with van der Waals surface area (Å²) in [5.74, 6) is -4.83. The van der Waals surface area contributed by atoms with Crippen LogP contribution in [0, 0.1) is 0 Å². The molecule has 19 heteroatoms. The van der Waals surface area contributed by atoms with Crippen molar-refractivity contribution in [1.29, 1.82) is 0 Å². The number of nitrogens with zero attached hydrogens (tertiary/aromatic N) is 4. The molecule has 0 aliphatic carbocycles. The van der Waals surface area contributed by atoms with Crippen LogP contribution in [-0.4, -0.2) is 148 Å². The van der Waals surface area contributed by atoms with Crippen LogP contribution in [0.3, 0.4) is 0 Å². The molecule has 0 aromatic heterocycles. The van der Waals surface area contributed by atoms with Gasteiger partial charge in [-0.3, -0.25) is 33.8 Å². The van der Waals surface area contributed by atoms with Crippen molar-refractivity contribution in [2.24, 2.45) is 22.2 Å². The molecule has 6 atom stereocenters. The molecule has 0 saturated carbocycles. The van der Waals surface area contributed by atoms with Crippen LogP contribution in [-0.2, 0) is 40.0 Å². The van der Waals surface area contributed by atoms with E-state index in [2.05, 4.69) is 20.9 Å². The largest absolute Gasteiger partial charge is 0.480 e. The van der Waals surface area contributed by atoms with Gasteiger partial charge in [-0.15, -0.1) is 0 Å². The highest BCUT2D eigenvalue weighted by molar-refractivity contribution is 5.96. The van der Waals surface area contributed by atoms with E-state index < -0.39 is 79.0 Å². The molecule has 4 rings (SSSR count). The van der Waals surface area contributed by atoms with Gasteiger partial charge in [-0.05, 0) is 56.9 Å². The molecule has 0 radical (unpaired) electrons. The van der Waals surface area contributed by atoms with Crippen molar-refractivity contribution in [1.82, 2.24) is 30.7 Å². The number of hydrogen-bond donors (Lipinski definition) is 8. The van der Waals surface area contributed by atoms with Crippen molar-refractivity contribution in [3.8, 4) is 0 Å². The van der Waals surface area contributed by atoms with Gasteiger partial charge >= 0.3 is 5.97 Å². The molecule has 6 amide bonds. The zero-order chi connectivity index (χ0) is 39.4. The first-order valence-corrected chi connectivity index (χ1v) is 18.3. The quantitative estimate of drug-likeness (QED) is 0.0442. The number of carbonyl (C=O) groups is 7. The lowest BCUT2D eigenvalue weighted by molar-refractivity contribution is -0.150. The van der Waals surface area contributed by atoms with E-state index in [0.29, 0.717) is 70.1 Å². The highest BCUT2D eigenvalue weighted by atomic mass is 16.4. The molecular weight excluding hydrogens is 704 g/mol. The monoisotopic (exact) mass is 756 g/mol. The molecule has 19 nitrogen and oxygen atoms in total. The number of carbonyl (C=O) groups excluding carboxylic acids is 6. The molecule has 3 saturated heterocycles. The van der Waals surface area contributed by atoms with Crippen LogP contribution < -0.4 is 33.2 Å². The van der Waals surface area contributed by atoms with Gasteiger partial charge in [0.05, 0.1) is 19.2 Å². The number of aliphatic hydroxyl groups is 1. The Morgan fingerprint density at radius 1 is 0.815 bits per heavy atom. The van der Waals surface area contributed by atoms with E-state index in [-0.39, 0.29) is 37.2 Å². The lowest BCUT2D eigenvalue weighted by Gasteiger charge is -2.32. The van der Waals surface area contributed by atoms with Crippen molar-refractivity contribution in [3.05, 3.63) is 35.9 Å². The summed E-state index contributed by atoms with van der Waals surface area (Å²) in [5.41, 5.74) is 17.5. The Balaban J connectivity index is 1.35. The number of aliphatic hydroxyl groups excluding tert-OH is 1. The normalized spacial score (nSPS) is 21.1. The van der Waals surface area contributed by atoms with E-state index in [4.69, 9.17) is 17.2 Å². The summed E-state index contributed by atoms with van der Waals surface area (Å²) in [5, 5.41) is 27.1. The van der Waals surface area contributed by atoms with Crippen LogP contribution in [0.4, 0.5) is 0 Å². The highest BCUT2D eigenvalue weighted by Gasteiger charge is 2.43. The number of hydrogen-bond acceptors (Lipinski definition) is 10. The summed E-state index contributed by atoms with van der Waals surface area (Å²) in [6, 6.07) is 2.47. The third kappa shape index (κ3) is 10.9. The molecule has 3 fully saturated rings. The number of nitrogens with one attached hydrogen (secondary N) is 3. The summed E-state index contributed by atoms with van der Waals surface area (Å²) >= 11 is 0. The summed E-state index contributed by atoms with van der Waals surface area (Å²) in [6.45, 7) is -0.212. The predicted molar refractivity (Wildman–Crippen MR) is 194 cm³/mol. The van der Waals surface area contributed by atoms with Gasteiger partial charge in [0.2, 0.25) is 35.4 Å². The molecule has 0 bridgehead atoms. The van der Waals surface area contributed by atoms with Crippen LogP contribution in [0.15, 0.2) is 35.3 Å². The molecule has 3 aliphatic rings. The zero-order valence-corrected chi connectivity index (χ0v) is 30.2. The Labute approximate surface area is 313 Å². The fourth-order valence-corrected chi connectivity index (χ4v) is 7.17. The Hall–Kier alpha value is -5.30. The lowest BCUT2D eigenvalue weighted by atomic mass is 10.0. The van der Waals surface area contributed by atoms with E-state index in [1.807, 2.05) is 0 Å². The van der Waals surface area contributed by atoms with Crippen molar-refractivity contribution in [2.45, 2.75) is 94.0 Å². The number of carboxylic acid groups (broad SMARTS) is 1. The Morgan fingerprint density at radius 2 is 1.43 bits per heavy atom. The fourth-order valence-electron chi connectivity index (χ4n) is 7.17. The average molecular weight is 757 g/mol. The van der Waals surface area contributed by atoms with Gasteiger partial charge in [0.15, 0.2) is 5.96 Å². The molecular formula is C35H52N10O9. The topological polar surface area (TPSA) is 296 Å². The smallest absolute Gasteiger partial charge is 0.326 e. The average Bonchev–Trinajstić information content (AvgIpc) is 3.95. The molecule has 0 unspecified atom stereocenters. The van der Waals surface area contributed by atoms with Crippen LogP contribution in [0.2, 0.25) is 0 Å². The number of likely N-dealkylation sites (tertiary alicyclic amines) is 3. The third-order valence-electron chi connectivity index (χ3n) is 9.92. The Kier molecular flexibility index (Phi) is 15.1. The summed E-state index contributed by atoms with van der Waals surface area (Å²) in [6.07, 6.45) is 3.41. The van der Waals surface area contributed by atoms with E-state index in [9.17, 15) is 43.8 Å². The lowest BCUT2D eigenvalue weighted by Crippen LogP contribution is -2.58. The molecule has 54 heavy (non-hydrogen) atoms. The number of amides is 6. The van der Waals surface area contributed by atoms with E-state index in [1.165, 1.54) is 9.80 Å². The van der Waals surface area contributed by atoms with Gasteiger partial charge in [0, 0.05) is 32.6 Å². The Bertz CT molecular complexity index is 1560. The minimum Gasteiger partial charge on any atom is -0.480 e. The first-order chi connectivity index (χ1) is 25.8. The number of carboxylic acids is 1. The standard InChI is InChI=1S/C35H52N10O9/c36-22(10-4-14-39-35(37)38)31(50)44-16-6-12-26(44)33(52)43-15-5-11-25(43)30(49)40-19-28(47)41-23(18-21-8-2-1-3-9-21)29(48)42-24(20-46)32(51)45-17-7-13-27(45)34(53)54/h1-3,8-9,22-27,46H,4-7,10-20,36H2,(H,40,49)(H,41,47)(H,42,48)(H,53,54)(H4,37,38,39)/t22-,23+,24-,25+,26+,27+/m0/s1. The molecule has 3 heterocycles. The number of guanidine groups is 1. The van der Waals surface area contributed by atoms with Gasteiger partial charge in [-0.2, -0.15) is 0 Å². The molecule has 11 N–H and O–H groups in total. The number of aliphatic carboxylic acids is 1. The van der Waals surface area contributed by atoms with Crippen LogP contribution in [0.25, 0.3) is 0 Å². The summed E-state index contributed by atoms with van der Waals surface area (Å²) in [7, 11) is 0. The van der Waals surface area contributed by atoms with E-state index in [0.717, 1.165) is 4.90 Å². The van der Waals surface area contributed by atoms with Gasteiger partial charge in [-0.1, -0.05) is 30.3 Å². The Morgan fingerprint density at radius 3 is 2.06 bits per heavy atom. The van der Waals surface area contributed by atoms with Gasteiger partial charge in [-0.25, -0.2) is 4.79 Å². The second-order valence-electron chi connectivity index (χ2n) is 13.7. The van der Waals surface area contributed by atoms with Crippen LogP contribution in [0.5, 0.6) is 0 Å². The summed E-state index contributed by atoms with van der Waals surface area (Å²) in [4.78, 5) is 99.6. The second kappa shape index (κ2) is 19.7. The third-order valence-corrected chi connectivity index (χ3v) is 9.92. The van der Waals surface area contributed by atoms with Crippen molar-refractivity contribution in [2.75, 3.05) is 39.3 Å². The molecule has 3 aliphatic heterocycles. The van der Waals surface area contributed by atoms with Crippen LogP contribution in [0.1, 0.15) is 56.9 Å². The summed E-state index contributed by atoms with van der Waals surface area (Å²) < 4.78 is 0. The minimum atomic E-state index is -1.45. The molecule has 1 aromatic carbocycles.